The summed E-state index contributed by atoms with van der Waals surface area (Å²) in [7, 11) is 2.11. The molecule has 22 heavy (non-hydrogen) atoms. The molecular formula is C17H30N4O. The number of imidazole rings is 1. The highest BCUT2D eigenvalue weighted by atomic mass is 16.5. The predicted molar refractivity (Wildman–Crippen MR) is 87.8 cm³/mol. The first-order valence-electron chi connectivity index (χ1n) is 8.81. The van der Waals surface area contributed by atoms with E-state index >= 15 is 0 Å². The van der Waals surface area contributed by atoms with Crippen molar-refractivity contribution in [1.82, 2.24) is 19.8 Å². The van der Waals surface area contributed by atoms with Crippen molar-refractivity contribution in [3.05, 3.63) is 18.2 Å². The first-order chi connectivity index (χ1) is 10.8. The van der Waals surface area contributed by atoms with Crippen LogP contribution in [0.4, 0.5) is 0 Å². The van der Waals surface area contributed by atoms with Gasteiger partial charge >= 0.3 is 0 Å². The van der Waals surface area contributed by atoms with Gasteiger partial charge in [-0.25, -0.2) is 4.98 Å². The van der Waals surface area contributed by atoms with E-state index in [1.165, 1.54) is 38.3 Å². The number of likely N-dealkylation sites (tertiary alicyclic amines) is 1. The third kappa shape index (κ3) is 3.70. The van der Waals surface area contributed by atoms with Gasteiger partial charge in [-0.2, -0.15) is 0 Å². The molecule has 0 spiro atoms. The van der Waals surface area contributed by atoms with Crippen LogP contribution in [-0.4, -0.2) is 53.3 Å². The van der Waals surface area contributed by atoms with Gasteiger partial charge in [0, 0.05) is 38.7 Å². The molecule has 3 heterocycles. The molecule has 0 radical (unpaired) electrons. The Kier molecular flexibility index (Phi) is 5.50. The molecule has 5 nitrogen and oxygen atoms in total. The number of nitrogens with one attached hydrogen (secondary N) is 1. The summed E-state index contributed by atoms with van der Waals surface area (Å²) in [6, 6.07) is 0.981. The second-order valence-corrected chi connectivity index (χ2v) is 6.70. The lowest BCUT2D eigenvalue weighted by Crippen LogP contribution is -2.46. The van der Waals surface area contributed by atoms with Gasteiger partial charge in [-0.3, -0.25) is 0 Å². The van der Waals surface area contributed by atoms with Crippen molar-refractivity contribution in [3.63, 3.8) is 0 Å². The average molecular weight is 306 g/mol. The van der Waals surface area contributed by atoms with Crippen LogP contribution in [0.15, 0.2) is 12.4 Å². The van der Waals surface area contributed by atoms with Crippen molar-refractivity contribution >= 4 is 0 Å². The number of nitrogens with zero attached hydrogens (tertiary/aromatic N) is 3. The van der Waals surface area contributed by atoms with Crippen LogP contribution in [-0.2, 0) is 11.8 Å². The highest BCUT2D eigenvalue weighted by Crippen LogP contribution is 2.30. The third-order valence-corrected chi connectivity index (χ3v) is 5.32. The van der Waals surface area contributed by atoms with Crippen molar-refractivity contribution in [2.24, 2.45) is 13.0 Å². The van der Waals surface area contributed by atoms with Gasteiger partial charge in [0.2, 0.25) is 0 Å². The fourth-order valence-electron chi connectivity index (χ4n) is 3.82. The SMILES string of the molecule is CCN1CCC(NC(c2nccn2C)C2CCOCC2)CC1. The van der Waals surface area contributed by atoms with E-state index in [0.29, 0.717) is 18.0 Å². The molecule has 2 saturated heterocycles. The van der Waals surface area contributed by atoms with E-state index in [4.69, 9.17) is 4.74 Å². The molecule has 1 N–H and O–H groups in total. The monoisotopic (exact) mass is 306 g/mol. The van der Waals surface area contributed by atoms with Crippen LogP contribution in [0.1, 0.15) is 44.5 Å². The Labute approximate surface area is 134 Å². The normalized spacial score (nSPS) is 23.7. The molecule has 1 aromatic heterocycles. The number of aromatic nitrogens is 2. The Morgan fingerprint density at radius 1 is 1.27 bits per heavy atom. The number of aryl methyl sites for hydroxylation is 1. The van der Waals surface area contributed by atoms with Crippen molar-refractivity contribution < 1.29 is 4.74 Å². The summed E-state index contributed by atoms with van der Waals surface area (Å²) in [4.78, 5) is 7.18. The van der Waals surface area contributed by atoms with E-state index in [2.05, 4.69) is 39.9 Å². The quantitative estimate of drug-likeness (QED) is 0.903. The second-order valence-electron chi connectivity index (χ2n) is 6.70. The van der Waals surface area contributed by atoms with E-state index in [-0.39, 0.29) is 0 Å². The van der Waals surface area contributed by atoms with E-state index in [1.807, 2.05) is 6.20 Å². The van der Waals surface area contributed by atoms with Crippen LogP contribution >= 0.6 is 0 Å². The van der Waals surface area contributed by atoms with Crippen molar-refractivity contribution in [2.75, 3.05) is 32.8 Å². The number of hydrogen-bond acceptors (Lipinski definition) is 4. The molecule has 0 aliphatic carbocycles. The molecule has 1 unspecified atom stereocenters. The average Bonchev–Trinajstić information content (AvgIpc) is 3.00. The Morgan fingerprint density at radius 2 is 2.00 bits per heavy atom. The Bertz CT molecular complexity index is 447. The molecule has 0 saturated carbocycles. The van der Waals surface area contributed by atoms with E-state index in [1.54, 1.807) is 0 Å². The van der Waals surface area contributed by atoms with E-state index < -0.39 is 0 Å². The van der Waals surface area contributed by atoms with Gasteiger partial charge in [0.1, 0.15) is 5.82 Å². The molecule has 2 aliphatic heterocycles. The molecular weight excluding hydrogens is 276 g/mol. The first-order valence-corrected chi connectivity index (χ1v) is 8.81. The summed E-state index contributed by atoms with van der Waals surface area (Å²) in [5, 5.41) is 3.95. The summed E-state index contributed by atoms with van der Waals surface area (Å²) in [6.07, 6.45) is 8.75. The molecule has 0 bridgehead atoms. The summed E-state index contributed by atoms with van der Waals surface area (Å²) in [5.74, 6) is 1.82. The number of hydrogen-bond donors (Lipinski definition) is 1. The van der Waals surface area contributed by atoms with Gasteiger partial charge < -0.3 is 19.5 Å². The summed E-state index contributed by atoms with van der Waals surface area (Å²) in [5.41, 5.74) is 0. The maximum atomic E-state index is 5.55. The van der Waals surface area contributed by atoms with Crippen LogP contribution in [0, 0.1) is 5.92 Å². The molecule has 1 aromatic rings. The van der Waals surface area contributed by atoms with Gasteiger partial charge in [-0.1, -0.05) is 6.92 Å². The van der Waals surface area contributed by atoms with Gasteiger partial charge in [0.25, 0.3) is 0 Å². The molecule has 2 aliphatic rings. The smallest absolute Gasteiger partial charge is 0.125 e. The zero-order chi connectivity index (χ0) is 15.4. The molecule has 5 heteroatoms. The standard InChI is InChI=1S/C17H30N4O/c1-3-21-9-4-15(5-10-21)19-16(14-6-12-22-13-7-14)17-18-8-11-20(17)2/h8,11,14-16,19H,3-7,9-10,12-13H2,1-2H3. The lowest BCUT2D eigenvalue weighted by molar-refractivity contribution is 0.0481. The van der Waals surface area contributed by atoms with Crippen LogP contribution < -0.4 is 5.32 Å². The van der Waals surface area contributed by atoms with Gasteiger partial charge in [0.05, 0.1) is 6.04 Å². The highest BCUT2D eigenvalue weighted by molar-refractivity contribution is 5.03. The zero-order valence-electron chi connectivity index (χ0n) is 14.0. The van der Waals surface area contributed by atoms with Crippen LogP contribution in [0.5, 0.6) is 0 Å². The van der Waals surface area contributed by atoms with Gasteiger partial charge in [-0.05, 0) is 51.2 Å². The van der Waals surface area contributed by atoms with Crippen LogP contribution in [0.3, 0.4) is 0 Å². The Balaban J connectivity index is 1.67. The number of rotatable bonds is 5. The predicted octanol–water partition coefficient (Wildman–Crippen LogP) is 1.96. The molecule has 2 fully saturated rings. The second kappa shape index (κ2) is 7.57. The summed E-state index contributed by atoms with van der Waals surface area (Å²) < 4.78 is 7.73. The van der Waals surface area contributed by atoms with Gasteiger partial charge in [-0.15, -0.1) is 0 Å². The minimum absolute atomic E-state index is 0.363. The molecule has 1 atom stereocenters. The Hall–Kier alpha value is -0.910. The molecule has 3 rings (SSSR count). The highest BCUT2D eigenvalue weighted by Gasteiger charge is 2.31. The van der Waals surface area contributed by atoms with Crippen molar-refractivity contribution in [2.45, 2.75) is 44.7 Å². The minimum Gasteiger partial charge on any atom is -0.381 e. The van der Waals surface area contributed by atoms with Crippen LogP contribution in [0.25, 0.3) is 0 Å². The number of piperidine rings is 1. The fraction of sp³-hybridized carbons (Fsp3) is 0.824. The molecule has 0 aromatic carbocycles. The molecule has 0 amide bonds. The van der Waals surface area contributed by atoms with Gasteiger partial charge in [0.15, 0.2) is 0 Å². The summed E-state index contributed by atoms with van der Waals surface area (Å²) in [6.45, 7) is 7.65. The summed E-state index contributed by atoms with van der Waals surface area (Å²) >= 11 is 0. The largest absolute Gasteiger partial charge is 0.381 e. The van der Waals surface area contributed by atoms with Crippen LogP contribution in [0.2, 0.25) is 0 Å². The lowest BCUT2D eigenvalue weighted by Gasteiger charge is -2.37. The molecule has 124 valence electrons. The minimum atomic E-state index is 0.363. The maximum Gasteiger partial charge on any atom is 0.125 e. The topological polar surface area (TPSA) is 42.3 Å². The van der Waals surface area contributed by atoms with E-state index in [0.717, 1.165) is 26.1 Å². The first kappa shape index (κ1) is 16.0. The van der Waals surface area contributed by atoms with Crippen molar-refractivity contribution in [3.8, 4) is 0 Å². The fourth-order valence-corrected chi connectivity index (χ4v) is 3.82. The zero-order valence-corrected chi connectivity index (χ0v) is 14.0. The Morgan fingerprint density at radius 3 is 2.59 bits per heavy atom. The third-order valence-electron chi connectivity index (χ3n) is 5.32. The lowest BCUT2D eigenvalue weighted by atomic mass is 9.89. The number of ether oxygens (including phenoxy) is 1. The maximum absolute atomic E-state index is 5.55. The van der Waals surface area contributed by atoms with Crippen molar-refractivity contribution in [1.29, 1.82) is 0 Å². The van der Waals surface area contributed by atoms with E-state index in [9.17, 15) is 0 Å².